The van der Waals surface area contributed by atoms with Crippen LogP contribution in [0.5, 0.6) is 0 Å². The lowest BCUT2D eigenvalue weighted by atomic mass is 9.82. The molecule has 0 aliphatic heterocycles. The molecular formula is C11H15F3O3S. The van der Waals surface area contributed by atoms with E-state index < -0.39 is 33.0 Å². The van der Waals surface area contributed by atoms with Gasteiger partial charge in [-0.1, -0.05) is 11.1 Å². The number of allylic oxidation sites excluding steroid dienone is 2. The zero-order chi connectivity index (χ0) is 14.3. The molecule has 0 saturated carbocycles. The quantitative estimate of drug-likeness (QED) is 0.731. The summed E-state index contributed by atoms with van der Waals surface area (Å²) >= 11 is 0. The average molecular weight is 284 g/mol. The van der Waals surface area contributed by atoms with Crippen LogP contribution >= 0.6 is 0 Å². The summed E-state index contributed by atoms with van der Waals surface area (Å²) in [7, 11) is -3.69. The van der Waals surface area contributed by atoms with Gasteiger partial charge in [-0.15, -0.1) is 0 Å². The number of carbonyl (C=O) groups is 1. The molecule has 2 atom stereocenters. The summed E-state index contributed by atoms with van der Waals surface area (Å²) in [6, 6.07) is 0. The van der Waals surface area contributed by atoms with Crippen molar-refractivity contribution in [2.75, 3.05) is 6.26 Å². The molecule has 0 bridgehead atoms. The van der Waals surface area contributed by atoms with Crippen molar-refractivity contribution in [3.8, 4) is 0 Å². The van der Waals surface area contributed by atoms with E-state index in [-0.39, 0.29) is 12.8 Å². The number of sulfone groups is 1. The lowest BCUT2D eigenvalue weighted by Gasteiger charge is -2.31. The molecule has 0 unspecified atom stereocenters. The molecule has 0 aromatic rings. The molecule has 1 aliphatic rings. The van der Waals surface area contributed by atoms with Crippen molar-refractivity contribution in [1.82, 2.24) is 0 Å². The second kappa shape index (κ2) is 4.68. The van der Waals surface area contributed by atoms with Crippen molar-refractivity contribution < 1.29 is 26.4 Å². The SMILES string of the molecule is CC1=C(C)C[C@H](S(C)(=O)=O)[C@@H](C(=O)C(F)(F)F)C1. The van der Waals surface area contributed by atoms with Gasteiger partial charge in [0.25, 0.3) is 0 Å². The van der Waals surface area contributed by atoms with Gasteiger partial charge in [-0.25, -0.2) is 8.42 Å². The molecule has 0 fully saturated rings. The first-order valence-corrected chi connectivity index (χ1v) is 7.35. The number of carbonyl (C=O) groups excluding carboxylic acids is 1. The second-order valence-corrected chi connectivity index (χ2v) is 7.07. The number of rotatable bonds is 2. The minimum absolute atomic E-state index is 0.00282. The Labute approximate surface area is 104 Å². The van der Waals surface area contributed by atoms with E-state index in [2.05, 4.69) is 0 Å². The highest BCUT2D eigenvalue weighted by Gasteiger charge is 2.49. The maximum absolute atomic E-state index is 12.5. The lowest BCUT2D eigenvalue weighted by Crippen LogP contribution is -2.43. The van der Waals surface area contributed by atoms with Gasteiger partial charge in [0.15, 0.2) is 9.84 Å². The molecule has 7 heteroatoms. The van der Waals surface area contributed by atoms with Crippen molar-refractivity contribution in [3.63, 3.8) is 0 Å². The predicted octanol–water partition coefficient (Wildman–Crippen LogP) is 2.28. The van der Waals surface area contributed by atoms with Crippen molar-refractivity contribution in [1.29, 1.82) is 0 Å². The third-order valence-electron chi connectivity index (χ3n) is 3.38. The number of ketones is 1. The summed E-state index contributed by atoms with van der Waals surface area (Å²) < 4.78 is 60.5. The molecule has 0 aromatic heterocycles. The van der Waals surface area contributed by atoms with E-state index in [0.717, 1.165) is 11.8 Å². The molecular weight excluding hydrogens is 269 g/mol. The zero-order valence-corrected chi connectivity index (χ0v) is 11.2. The van der Waals surface area contributed by atoms with Gasteiger partial charge in [0.2, 0.25) is 5.78 Å². The van der Waals surface area contributed by atoms with Crippen LogP contribution in [0.3, 0.4) is 0 Å². The Kier molecular flexibility index (Phi) is 3.95. The zero-order valence-electron chi connectivity index (χ0n) is 10.3. The van der Waals surface area contributed by atoms with Crippen LogP contribution in [0.2, 0.25) is 0 Å². The van der Waals surface area contributed by atoms with E-state index in [1.807, 2.05) is 0 Å². The Morgan fingerprint density at radius 2 is 1.61 bits per heavy atom. The van der Waals surface area contributed by atoms with Gasteiger partial charge in [0, 0.05) is 12.2 Å². The Bertz CT molecular complexity index is 488. The largest absolute Gasteiger partial charge is 0.450 e. The standard InChI is InChI=1S/C11H15F3O3S/c1-6-4-8(10(15)11(12,13)14)9(5-7(6)2)18(3,16)17/h8-9H,4-5H2,1-3H3/t8-,9-/m0/s1. The van der Waals surface area contributed by atoms with Gasteiger partial charge >= 0.3 is 6.18 Å². The molecule has 104 valence electrons. The van der Waals surface area contributed by atoms with Gasteiger partial charge in [0.1, 0.15) is 0 Å². The van der Waals surface area contributed by atoms with E-state index >= 15 is 0 Å². The summed E-state index contributed by atoms with van der Waals surface area (Å²) in [5.41, 5.74) is 1.41. The summed E-state index contributed by atoms with van der Waals surface area (Å²) in [5, 5.41) is -1.27. The topological polar surface area (TPSA) is 51.2 Å². The van der Waals surface area contributed by atoms with Crippen LogP contribution in [0.25, 0.3) is 0 Å². The van der Waals surface area contributed by atoms with E-state index in [9.17, 15) is 26.4 Å². The highest BCUT2D eigenvalue weighted by Crippen LogP contribution is 2.37. The monoisotopic (exact) mass is 284 g/mol. The first-order chi connectivity index (χ1) is 7.94. The van der Waals surface area contributed by atoms with E-state index in [1.54, 1.807) is 13.8 Å². The first-order valence-electron chi connectivity index (χ1n) is 5.39. The van der Waals surface area contributed by atoms with Gasteiger partial charge < -0.3 is 0 Å². The van der Waals surface area contributed by atoms with Crippen LogP contribution in [-0.4, -0.2) is 31.9 Å². The Morgan fingerprint density at radius 1 is 1.17 bits per heavy atom. The molecule has 0 aromatic carbocycles. The van der Waals surface area contributed by atoms with Crippen molar-refractivity contribution in [2.24, 2.45) is 5.92 Å². The average Bonchev–Trinajstić information content (AvgIpc) is 2.17. The van der Waals surface area contributed by atoms with Crippen LogP contribution in [0.1, 0.15) is 26.7 Å². The molecule has 0 spiro atoms. The first kappa shape index (κ1) is 15.2. The molecule has 0 heterocycles. The van der Waals surface area contributed by atoms with E-state index in [4.69, 9.17) is 0 Å². The van der Waals surface area contributed by atoms with Gasteiger partial charge in [-0.3, -0.25) is 4.79 Å². The van der Waals surface area contributed by atoms with Crippen molar-refractivity contribution in [2.45, 2.75) is 38.1 Å². The fourth-order valence-electron chi connectivity index (χ4n) is 2.18. The second-order valence-electron chi connectivity index (χ2n) is 4.81. The number of Topliss-reactive ketones (excluding diaryl/α,β-unsaturated/α-hetero) is 1. The molecule has 1 rings (SSSR count). The molecule has 0 saturated heterocycles. The number of halogens is 3. The fraction of sp³-hybridized carbons (Fsp3) is 0.727. The molecule has 0 amide bonds. The minimum atomic E-state index is -4.99. The summed E-state index contributed by atoms with van der Waals surface area (Å²) in [4.78, 5) is 11.3. The smallest absolute Gasteiger partial charge is 0.289 e. The van der Waals surface area contributed by atoms with Crippen molar-refractivity contribution >= 4 is 15.6 Å². The van der Waals surface area contributed by atoms with Crippen LogP contribution in [0.15, 0.2) is 11.1 Å². The normalized spacial score (nSPS) is 26.3. The summed E-state index contributed by atoms with van der Waals surface area (Å²) in [5.74, 6) is -3.45. The Hall–Kier alpha value is -0.850. The molecule has 1 aliphatic carbocycles. The Morgan fingerprint density at radius 3 is 2.00 bits per heavy atom. The molecule has 3 nitrogen and oxygen atoms in total. The summed E-state index contributed by atoms with van der Waals surface area (Å²) in [6.45, 7) is 3.31. The fourth-order valence-corrected chi connectivity index (χ4v) is 3.54. The molecule has 0 N–H and O–H groups in total. The minimum Gasteiger partial charge on any atom is -0.289 e. The van der Waals surface area contributed by atoms with E-state index in [0.29, 0.717) is 5.57 Å². The predicted molar refractivity (Wildman–Crippen MR) is 60.8 cm³/mol. The summed E-state index contributed by atoms with van der Waals surface area (Å²) in [6.07, 6.45) is -4.25. The number of hydrogen-bond donors (Lipinski definition) is 0. The van der Waals surface area contributed by atoms with Crippen LogP contribution < -0.4 is 0 Å². The Balaban J connectivity index is 3.19. The van der Waals surface area contributed by atoms with Crippen LogP contribution in [0.4, 0.5) is 13.2 Å². The lowest BCUT2D eigenvalue weighted by molar-refractivity contribution is -0.175. The van der Waals surface area contributed by atoms with Gasteiger partial charge in [-0.2, -0.15) is 13.2 Å². The molecule has 18 heavy (non-hydrogen) atoms. The number of hydrogen-bond acceptors (Lipinski definition) is 3. The number of alkyl halides is 3. The van der Waals surface area contributed by atoms with Crippen molar-refractivity contribution in [3.05, 3.63) is 11.1 Å². The van der Waals surface area contributed by atoms with E-state index in [1.165, 1.54) is 0 Å². The highest BCUT2D eigenvalue weighted by molar-refractivity contribution is 7.91. The maximum atomic E-state index is 12.5. The third-order valence-corrected chi connectivity index (χ3v) is 4.97. The van der Waals surface area contributed by atoms with Crippen LogP contribution in [-0.2, 0) is 14.6 Å². The van der Waals surface area contributed by atoms with Gasteiger partial charge in [0.05, 0.1) is 5.25 Å². The van der Waals surface area contributed by atoms with Crippen LogP contribution in [0, 0.1) is 5.92 Å². The highest BCUT2D eigenvalue weighted by atomic mass is 32.2. The maximum Gasteiger partial charge on any atom is 0.450 e. The third kappa shape index (κ3) is 3.13. The van der Waals surface area contributed by atoms with Gasteiger partial charge in [-0.05, 0) is 26.7 Å². The molecule has 0 radical (unpaired) electrons.